The number of fused-ring (bicyclic) bond motifs is 1. The van der Waals surface area contributed by atoms with Gasteiger partial charge in [-0.05, 0) is 32.0 Å². The summed E-state index contributed by atoms with van der Waals surface area (Å²) >= 11 is 0. The van der Waals surface area contributed by atoms with Crippen LogP contribution in [0.25, 0.3) is 10.9 Å². The number of benzene rings is 1. The lowest BCUT2D eigenvalue weighted by molar-refractivity contribution is 0.197. The maximum atomic E-state index is 11.0. The van der Waals surface area contributed by atoms with Gasteiger partial charge in [-0.1, -0.05) is 6.07 Å². The zero-order valence-corrected chi connectivity index (χ0v) is 10.1. The first kappa shape index (κ1) is 12.0. The van der Waals surface area contributed by atoms with Gasteiger partial charge in [-0.3, -0.25) is 4.57 Å². The van der Waals surface area contributed by atoms with Gasteiger partial charge in [0.25, 0.3) is 0 Å². The van der Waals surface area contributed by atoms with Crippen molar-refractivity contribution in [1.82, 2.24) is 4.57 Å². The molecule has 5 nitrogen and oxygen atoms in total. The SMILES string of the molecule is CC(C)(C#N)Nc1cccc2c1ccn2C(=O)O. The number of hydrogen-bond donors (Lipinski definition) is 2. The molecule has 0 aliphatic heterocycles. The van der Waals surface area contributed by atoms with E-state index >= 15 is 0 Å². The minimum atomic E-state index is -1.03. The van der Waals surface area contributed by atoms with Crippen LogP contribution in [0, 0.1) is 11.3 Å². The van der Waals surface area contributed by atoms with Crippen LogP contribution in [0.4, 0.5) is 10.5 Å². The van der Waals surface area contributed by atoms with Gasteiger partial charge in [-0.2, -0.15) is 5.26 Å². The summed E-state index contributed by atoms with van der Waals surface area (Å²) in [5.74, 6) is 0. The fourth-order valence-electron chi connectivity index (χ4n) is 1.81. The summed E-state index contributed by atoms with van der Waals surface area (Å²) in [6, 6.07) is 9.19. The van der Waals surface area contributed by atoms with Crippen molar-refractivity contribution in [2.75, 3.05) is 5.32 Å². The Labute approximate surface area is 104 Å². The molecule has 1 heterocycles. The van der Waals surface area contributed by atoms with Crippen LogP contribution in [-0.4, -0.2) is 21.3 Å². The normalized spacial score (nSPS) is 11.2. The van der Waals surface area contributed by atoms with Crippen molar-refractivity contribution in [2.24, 2.45) is 0 Å². The maximum Gasteiger partial charge on any atom is 0.416 e. The molecule has 0 fully saturated rings. The molecule has 0 unspecified atom stereocenters. The van der Waals surface area contributed by atoms with Gasteiger partial charge in [-0.25, -0.2) is 4.79 Å². The molecule has 0 saturated carbocycles. The molecule has 0 radical (unpaired) electrons. The van der Waals surface area contributed by atoms with Crippen LogP contribution in [0.3, 0.4) is 0 Å². The van der Waals surface area contributed by atoms with Crippen molar-refractivity contribution in [1.29, 1.82) is 5.26 Å². The number of aromatic nitrogens is 1. The molecule has 1 aromatic heterocycles. The van der Waals surface area contributed by atoms with Crippen LogP contribution in [0.5, 0.6) is 0 Å². The number of nitrogens with zero attached hydrogens (tertiary/aromatic N) is 2. The summed E-state index contributed by atoms with van der Waals surface area (Å²) in [6.07, 6.45) is 0.471. The van der Waals surface area contributed by atoms with Gasteiger partial charge in [0.05, 0.1) is 11.6 Å². The Morgan fingerprint density at radius 3 is 2.78 bits per heavy atom. The molecule has 0 aliphatic rings. The van der Waals surface area contributed by atoms with Gasteiger partial charge in [-0.15, -0.1) is 0 Å². The molecule has 0 aliphatic carbocycles. The molecule has 92 valence electrons. The van der Waals surface area contributed by atoms with E-state index in [-0.39, 0.29) is 0 Å². The number of hydrogen-bond acceptors (Lipinski definition) is 3. The van der Waals surface area contributed by atoms with Crippen LogP contribution in [-0.2, 0) is 0 Å². The molecule has 1 aromatic carbocycles. The molecule has 5 heteroatoms. The number of carbonyl (C=O) groups is 1. The van der Waals surface area contributed by atoms with Crippen molar-refractivity contribution < 1.29 is 9.90 Å². The van der Waals surface area contributed by atoms with Gasteiger partial charge in [0.2, 0.25) is 0 Å². The maximum absolute atomic E-state index is 11.0. The smallest absolute Gasteiger partial charge is 0.416 e. The van der Waals surface area contributed by atoms with Crippen molar-refractivity contribution in [2.45, 2.75) is 19.4 Å². The van der Waals surface area contributed by atoms with Gasteiger partial charge in [0.1, 0.15) is 5.54 Å². The average molecular weight is 243 g/mol. The van der Waals surface area contributed by atoms with Gasteiger partial charge < -0.3 is 10.4 Å². The minimum Gasteiger partial charge on any atom is -0.464 e. The van der Waals surface area contributed by atoms with Crippen molar-refractivity contribution in [3.63, 3.8) is 0 Å². The Morgan fingerprint density at radius 1 is 1.44 bits per heavy atom. The highest BCUT2D eigenvalue weighted by Gasteiger charge is 2.18. The van der Waals surface area contributed by atoms with Crippen LogP contribution >= 0.6 is 0 Å². The van der Waals surface area contributed by atoms with Gasteiger partial charge >= 0.3 is 6.09 Å². The molecule has 18 heavy (non-hydrogen) atoms. The van der Waals surface area contributed by atoms with E-state index in [1.54, 1.807) is 32.0 Å². The van der Waals surface area contributed by atoms with Gasteiger partial charge in [0, 0.05) is 17.3 Å². The summed E-state index contributed by atoms with van der Waals surface area (Å²) in [5, 5.41) is 21.9. The fourth-order valence-corrected chi connectivity index (χ4v) is 1.81. The molecule has 0 saturated heterocycles. The standard InChI is InChI=1S/C13H13N3O2/c1-13(2,8-14)15-10-4-3-5-11-9(10)6-7-16(11)12(17)18/h3-7,15H,1-2H3,(H,17,18). The van der Waals surface area contributed by atoms with E-state index in [0.29, 0.717) is 5.52 Å². The van der Waals surface area contributed by atoms with Gasteiger partial charge in [0.15, 0.2) is 0 Å². The summed E-state index contributed by atoms with van der Waals surface area (Å²) in [6.45, 7) is 3.53. The molecule has 0 atom stereocenters. The molecule has 0 bridgehead atoms. The molecule has 0 spiro atoms. The lowest BCUT2D eigenvalue weighted by atomic mass is 10.1. The first-order valence-electron chi connectivity index (χ1n) is 5.47. The van der Waals surface area contributed by atoms with E-state index in [2.05, 4.69) is 11.4 Å². The zero-order valence-electron chi connectivity index (χ0n) is 10.1. The van der Waals surface area contributed by atoms with E-state index in [1.165, 1.54) is 6.20 Å². The van der Waals surface area contributed by atoms with E-state index < -0.39 is 11.6 Å². The Kier molecular flexibility index (Phi) is 2.71. The number of nitriles is 1. The van der Waals surface area contributed by atoms with Crippen LogP contribution in [0.15, 0.2) is 30.5 Å². The van der Waals surface area contributed by atoms with E-state index in [1.807, 2.05) is 6.07 Å². The predicted molar refractivity (Wildman–Crippen MR) is 68.7 cm³/mol. The molecule has 2 rings (SSSR count). The second-order valence-corrected chi connectivity index (χ2v) is 4.57. The van der Waals surface area contributed by atoms with Crippen LogP contribution in [0.1, 0.15) is 13.8 Å². The molecule has 0 amide bonds. The third kappa shape index (κ3) is 2.00. The Hall–Kier alpha value is -2.48. The lowest BCUT2D eigenvalue weighted by Crippen LogP contribution is -2.28. The largest absolute Gasteiger partial charge is 0.464 e. The summed E-state index contributed by atoms with van der Waals surface area (Å²) in [5.41, 5.74) is 0.639. The van der Waals surface area contributed by atoms with E-state index in [9.17, 15) is 4.79 Å². The first-order valence-corrected chi connectivity index (χ1v) is 5.47. The number of carboxylic acid groups (broad SMARTS) is 1. The van der Waals surface area contributed by atoms with E-state index in [0.717, 1.165) is 15.6 Å². The quantitative estimate of drug-likeness (QED) is 0.850. The highest BCUT2D eigenvalue weighted by atomic mass is 16.4. The summed E-state index contributed by atoms with van der Waals surface area (Å²) in [7, 11) is 0. The summed E-state index contributed by atoms with van der Waals surface area (Å²) < 4.78 is 1.15. The van der Waals surface area contributed by atoms with Crippen molar-refractivity contribution >= 4 is 22.7 Å². The van der Waals surface area contributed by atoms with Crippen molar-refractivity contribution in [3.05, 3.63) is 30.5 Å². The first-order chi connectivity index (χ1) is 8.44. The fraction of sp³-hybridized carbons (Fsp3) is 0.231. The van der Waals surface area contributed by atoms with Crippen molar-refractivity contribution in [3.8, 4) is 6.07 Å². The Morgan fingerprint density at radius 2 is 2.17 bits per heavy atom. The minimum absolute atomic E-state index is 0.598. The second kappa shape index (κ2) is 4.08. The highest BCUT2D eigenvalue weighted by Crippen LogP contribution is 2.26. The number of rotatable bonds is 2. The number of anilines is 1. The number of nitrogens with one attached hydrogen (secondary N) is 1. The average Bonchev–Trinajstić information content (AvgIpc) is 2.73. The lowest BCUT2D eigenvalue weighted by Gasteiger charge is -2.19. The predicted octanol–water partition coefficient (Wildman–Crippen LogP) is 2.88. The van der Waals surface area contributed by atoms with Crippen LogP contribution < -0.4 is 5.32 Å². The molecule has 2 N–H and O–H groups in total. The zero-order chi connectivity index (χ0) is 13.3. The van der Waals surface area contributed by atoms with Crippen LogP contribution in [0.2, 0.25) is 0 Å². The summed E-state index contributed by atoms with van der Waals surface area (Å²) in [4.78, 5) is 11.0. The highest BCUT2D eigenvalue weighted by molar-refractivity contribution is 5.97. The third-order valence-corrected chi connectivity index (χ3v) is 2.67. The molecular weight excluding hydrogens is 230 g/mol. The monoisotopic (exact) mass is 243 g/mol. The molecule has 2 aromatic rings. The topological polar surface area (TPSA) is 78.0 Å². The Balaban J connectivity index is 2.54. The van der Waals surface area contributed by atoms with E-state index in [4.69, 9.17) is 10.4 Å². The Bertz CT molecular complexity index is 650. The third-order valence-electron chi connectivity index (χ3n) is 2.67. The second-order valence-electron chi connectivity index (χ2n) is 4.57. The molecular formula is C13H13N3O2.